The smallest absolute Gasteiger partial charge is 0.229 e. The van der Waals surface area contributed by atoms with Crippen LogP contribution in [-0.2, 0) is 6.42 Å². The second-order valence-electron chi connectivity index (χ2n) is 4.28. The summed E-state index contributed by atoms with van der Waals surface area (Å²) in [6, 6.07) is 3.86. The minimum absolute atomic E-state index is 0.234. The summed E-state index contributed by atoms with van der Waals surface area (Å²) in [6.45, 7) is 6.17. The molecule has 5 heteroatoms. The monoisotopic (exact) mass is 251 g/mol. The van der Waals surface area contributed by atoms with Gasteiger partial charge in [-0.05, 0) is 18.6 Å². The molecule has 4 nitrogen and oxygen atoms in total. The number of aromatic nitrogens is 2. The van der Waals surface area contributed by atoms with E-state index in [4.69, 9.17) is 10.3 Å². The number of hydrogen-bond donors (Lipinski definition) is 1. The number of thiophene rings is 1. The molecular formula is C12H17N3OS. The normalized spacial score (nSPS) is 13.2. The Balaban J connectivity index is 2.20. The lowest BCUT2D eigenvalue weighted by Crippen LogP contribution is -2.12. The summed E-state index contributed by atoms with van der Waals surface area (Å²) in [7, 11) is 0. The van der Waals surface area contributed by atoms with Gasteiger partial charge in [0.1, 0.15) is 6.04 Å². The van der Waals surface area contributed by atoms with Gasteiger partial charge in [0.15, 0.2) is 5.82 Å². The van der Waals surface area contributed by atoms with Crippen LogP contribution in [0.1, 0.15) is 54.2 Å². The van der Waals surface area contributed by atoms with Crippen LogP contribution in [-0.4, -0.2) is 10.1 Å². The van der Waals surface area contributed by atoms with E-state index in [0.717, 1.165) is 11.3 Å². The third kappa shape index (κ3) is 2.56. The molecule has 0 radical (unpaired) electrons. The average molecular weight is 251 g/mol. The van der Waals surface area contributed by atoms with Gasteiger partial charge in [-0.15, -0.1) is 11.3 Å². The Morgan fingerprint density at radius 3 is 2.71 bits per heavy atom. The lowest BCUT2D eigenvalue weighted by Gasteiger charge is -2.02. The van der Waals surface area contributed by atoms with Crippen molar-refractivity contribution in [3.05, 3.63) is 33.6 Å². The van der Waals surface area contributed by atoms with Crippen molar-refractivity contribution in [3.8, 4) is 0 Å². The molecule has 2 rings (SSSR count). The molecule has 0 aliphatic heterocycles. The van der Waals surface area contributed by atoms with E-state index >= 15 is 0 Å². The predicted octanol–water partition coefficient (Wildman–Crippen LogP) is 2.87. The summed E-state index contributed by atoms with van der Waals surface area (Å²) in [5, 5.41) is 3.94. The second kappa shape index (κ2) is 4.98. The highest BCUT2D eigenvalue weighted by Gasteiger charge is 2.18. The first-order valence-corrected chi connectivity index (χ1v) is 6.61. The molecule has 0 aliphatic carbocycles. The molecule has 0 aliphatic rings. The van der Waals surface area contributed by atoms with Gasteiger partial charge in [-0.25, -0.2) is 0 Å². The van der Waals surface area contributed by atoms with Gasteiger partial charge in [-0.2, -0.15) is 4.98 Å². The maximum atomic E-state index is 6.12. The highest BCUT2D eigenvalue weighted by Crippen LogP contribution is 2.26. The zero-order chi connectivity index (χ0) is 12.4. The maximum absolute atomic E-state index is 6.12. The van der Waals surface area contributed by atoms with Crippen LogP contribution in [0.15, 0.2) is 16.7 Å². The minimum atomic E-state index is -0.281. The van der Waals surface area contributed by atoms with Crippen LogP contribution in [0.4, 0.5) is 0 Å². The molecule has 0 amide bonds. The summed E-state index contributed by atoms with van der Waals surface area (Å²) in [5.74, 6) is 1.44. The van der Waals surface area contributed by atoms with Gasteiger partial charge < -0.3 is 10.3 Å². The third-order valence-corrected chi connectivity index (χ3v) is 3.88. The molecule has 0 aromatic carbocycles. The second-order valence-corrected chi connectivity index (χ2v) is 5.48. The largest absolute Gasteiger partial charge is 0.339 e. The first kappa shape index (κ1) is 12.3. The zero-order valence-electron chi connectivity index (χ0n) is 10.3. The summed E-state index contributed by atoms with van der Waals surface area (Å²) in [5.41, 5.74) is 6.12. The van der Waals surface area contributed by atoms with Crippen molar-refractivity contribution in [2.45, 2.75) is 39.2 Å². The van der Waals surface area contributed by atoms with Crippen molar-refractivity contribution in [1.82, 2.24) is 10.1 Å². The summed E-state index contributed by atoms with van der Waals surface area (Å²) in [6.07, 6.45) is 1.03. The standard InChI is InChI=1S/C12H17N3OS/c1-4-8-5-6-9(17-8)10(13)11-14-12(7(2)3)16-15-11/h5-7,10H,4,13H2,1-3H3. The van der Waals surface area contributed by atoms with Crippen LogP contribution in [0.3, 0.4) is 0 Å². The summed E-state index contributed by atoms with van der Waals surface area (Å²) >= 11 is 1.71. The van der Waals surface area contributed by atoms with Crippen LogP contribution in [0, 0.1) is 0 Å². The van der Waals surface area contributed by atoms with Gasteiger partial charge in [0.25, 0.3) is 0 Å². The van der Waals surface area contributed by atoms with Crippen LogP contribution >= 0.6 is 11.3 Å². The molecule has 1 unspecified atom stereocenters. The van der Waals surface area contributed by atoms with Gasteiger partial charge in [0.2, 0.25) is 5.89 Å². The molecule has 2 aromatic rings. The Morgan fingerprint density at radius 2 is 2.18 bits per heavy atom. The highest BCUT2D eigenvalue weighted by atomic mass is 32.1. The van der Waals surface area contributed by atoms with E-state index in [1.165, 1.54) is 4.88 Å². The Labute approximate surface area is 105 Å². The fraction of sp³-hybridized carbons (Fsp3) is 0.500. The minimum Gasteiger partial charge on any atom is -0.339 e. The topological polar surface area (TPSA) is 64.9 Å². The summed E-state index contributed by atoms with van der Waals surface area (Å²) < 4.78 is 5.17. The highest BCUT2D eigenvalue weighted by molar-refractivity contribution is 7.12. The summed E-state index contributed by atoms with van der Waals surface area (Å²) in [4.78, 5) is 6.73. The van der Waals surface area contributed by atoms with E-state index in [2.05, 4.69) is 23.1 Å². The molecule has 1 atom stereocenters. The molecule has 92 valence electrons. The first-order valence-electron chi connectivity index (χ1n) is 5.79. The number of aryl methyl sites for hydroxylation is 1. The molecule has 0 fully saturated rings. The van der Waals surface area contributed by atoms with Crippen LogP contribution < -0.4 is 5.73 Å². The lowest BCUT2D eigenvalue weighted by molar-refractivity contribution is 0.359. The van der Waals surface area contributed by atoms with Crippen molar-refractivity contribution in [2.24, 2.45) is 5.73 Å². The predicted molar refractivity (Wildman–Crippen MR) is 68.1 cm³/mol. The van der Waals surface area contributed by atoms with E-state index in [0.29, 0.717) is 11.7 Å². The van der Waals surface area contributed by atoms with Crippen molar-refractivity contribution in [2.75, 3.05) is 0 Å². The van der Waals surface area contributed by atoms with Crippen molar-refractivity contribution < 1.29 is 4.52 Å². The van der Waals surface area contributed by atoms with Gasteiger partial charge in [0.05, 0.1) is 0 Å². The molecule has 0 bridgehead atoms. The zero-order valence-corrected chi connectivity index (χ0v) is 11.1. The molecule has 0 saturated heterocycles. The molecule has 0 spiro atoms. The third-order valence-electron chi connectivity index (χ3n) is 2.57. The van der Waals surface area contributed by atoms with Gasteiger partial charge in [-0.1, -0.05) is 25.9 Å². The SMILES string of the molecule is CCc1ccc(C(N)c2noc(C(C)C)n2)s1. The van der Waals surface area contributed by atoms with Gasteiger partial charge in [0, 0.05) is 15.7 Å². The molecule has 0 saturated carbocycles. The van der Waals surface area contributed by atoms with Crippen molar-refractivity contribution in [1.29, 1.82) is 0 Å². The Morgan fingerprint density at radius 1 is 1.41 bits per heavy atom. The average Bonchev–Trinajstić information content (AvgIpc) is 2.97. The van der Waals surface area contributed by atoms with Crippen molar-refractivity contribution >= 4 is 11.3 Å². The van der Waals surface area contributed by atoms with Crippen LogP contribution in [0.5, 0.6) is 0 Å². The fourth-order valence-electron chi connectivity index (χ4n) is 1.49. The molecule has 17 heavy (non-hydrogen) atoms. The first-order chi connectivity index (χ1) is 8.11. The number of hydrogen-bond acceptors (Lipinski definition) is 5. The molecular weight excluding hydrogens is 234 g/mol. The molecule has 2 N–H and O–H groups in total. The van der Waals surface area contributed by atoms with E-state index in [1.807, 2.05) is 19.9 Å². The maximum Gasteiger partial charge on any atom is 0.229 e. The van der Waals surface area contributed by atoms with E-state index in [-0.39, 0.29) is 12.0 Å². The molecule has 2 heterocycles. The van der Waals surface area contributed by atoms with E-state index in [9.17, 15) is 0 Å². The number of nitrogens with two attached hydrogens (primary N) is 1. The fourth-order valence-corrected chi connectivity index (χ4v) is 2.44. The van der Waals surface area contributed by atoms with Crippen molar-refractivity contribution in [3.63, 3.8) is 0 Å². The lowest BCUT2D eigenvalue weighted by atomic mass is 10.2. The number of nitrogens with zero attached hydrogens (tertiary/aromatic N) is 2. The van der Waals surface area contributed by atoms with E-state index in [1.54, 1.807) is 11.3 Å². The van der Waals surface area contributed by atoms with Gasteiger partial charge in [-0.3, -0.25) is 0 Å². The van der Waals surface area contributed by atoms with Crippen LogP contribution in [0.25, 0.3) is 0 Å². The Kier molecular flexibility index (Phi) is 3.59. The van der Waals surface area contributed by atoms with Crippen LogP contribution in [0.2, 0.25) is 0 Å². The quantitative estimate of drug-likeness (QED) is 0.907. The van der Waals surface area contributed by atoms with Gasteiger partial charge >= 0.3 is 0 Å². The van der Waals surface area contributed by atoms with E-state index < -0.39 is 0 Å². The molecule has 2 aromatic heterocycles. The number of rotatable bonds is 4. The Hall–Kier alpha value is -1.20. The Bertz CT molecular complexity index is 489.